The molecule has 102 valence electrons. The van der Waals surface area contributed by atoms with E-state index in [2.05, 4.69) is 16.5 Å². The summed E-state index contributed by atoms with van der Waals surface area (Å²) in [5.41, 5.74) is 2.66. The monoisotopic (exact) mass is 275 g/mol. The van der Waals surface area contributed by atoms with Crippen LogP contribution in [0.25, 0.3) is 11.0 Å². The summed E-state index contributed by atoms with van der Waals surface area (Å²) in [6, 6.07) is 15.7. The Bertz CT molecular complexity index is 844. The van der Waals surface area contributed by atoms with E-state index in [-0.39, 0.29) is 0 Å². The molecule has 0 saturated heterocycles. The van der Waals surface area contributed by atoms with Crippen LogP contribution in [-0.2, 0) is 0 Å². The molecule has 0 unspecified atom stereocenters. The first kappa shape index (κ1) is 11.9. The average molecular weight is 275 g/mol. The number of para-hydroxylation sites is 4. The largest absolute Gasteiger partial charge is 0.434 e. The summed E-state index contributed by atoms with van der Waals surface area (Å²) in [5, 5.41) is 0. The molecule has 21 heavy (non-hydrogen) atoms. The molecule has 2 aromatic carbocycles. The highest BCUT2D eigenvalue weighted by molar-refractivity contribution is 5.82. The number of ether oxygens (including phenoxy) is 1. The smallest absolute Gasteiger partial charge is 0.264 e. The van der Waals surface area contributed by atoms with Gasteiger partial charge in [-0.25, -0.2) is 9.97 Å². The zero-order valence-corrected chi connectivity index (χ0v) is 11.4. The molecule has 1 aliphatic rings. The Morgan fingerprint density at radius 2 is 1.71 bits per heavy atom. The van der Waals surface area contributed by atoms with Crippen molar-refractivity contribution in [2.75, 3.05) is 11.4 Å². The zero-order chi connectivity index (χ0) is 14.2. The summed E-state index contributed by atoms with van der Waals surface area (Å²) in [6.07, 6.45) is 1.85. The van der Waals surface area contributed by atoms with Crippen molar-refractivity contribution in [2.45, 2.75) is 0 Å². The molecule has 3 aromatic rings. The Kier molecular flexibility index (Phi) is 2.60. The Morgan fingerprint density at radius 3 is 2.52 bits per heavy atom. The first-order valence-electron chi connectivity index (χ1n) is 6.79. The van der Waals surface area contributed by atoms with E-state index in [1.54, 1.807) is 0 Å². The van der Waals surface area contributed by atoms with Gasteiger partial charge in [0.1, 0.15) is 0 Å². The Balaban J connectivity index is 1.96. The molecule has 0 saturated carbocycles. The van der Waals surface area contributed by atoms with Crippen molar-refractivity contribution >= 4 is 22.5 Å². The van der Waals surface area contributed by atoms with Gasteiger partial charge in [-0.2, -0.15) is 0 Å². The van der Waals surface area contributed by atoms with Crippen LogP contribution < -0.4 is 9.64 Å². The second-order valence-corrected chi connectivity index (χ2v) is 4.81. The molecule has 1 aliphatic heterocycles. The van der Waals surface area contributed by atoms with Crippen molar-refractivity contribution in [1.29, 1.82) is 0 Å². The summed E-state index contributed by atoms with van der Waals surface area (Å²) < 4.78 is 5.91. The topological polar surface area (TPSA) is 38.2 Å². The van der Waals surface area contributed by atoms with Crippen LogP contribution in [0, 0.1) is 0 Å². The normalized spacial score (nSPS) is 12.5. The second-order valence-electron chi connectivity index (χ2n) is 4.81. The molecule has 0 radical (unpaired) electrons. The lowest BCUT2D eigenvalue weighted by molar-refractivity contribution is 0.454. The number of nitrogens with zero attached hydrogens (tertiary/aromatic N) is 3. The van der Waals surface area contributed by atoms with Gasteiger partial charge in [-0.1, -0.05) is 30.3 Å². The van der Waals surface area contributed by atoms with Crippen LogP contribution >= 0.6 is 0 Å². The predicted molar refractivity (Wildman–Crippen MR) is 83.3 cm³/mol. The van der Waals surface area contributed by atoms with E-state index in [9.17, 15) is 0 Å². The number of aromatic nitrogens is 2. The van der Waals surface area contributed by atoms with Gasteiger partial charge in [0.25, 0.3) is 5.88 Å². The van der Waals surface area contributed by atoms with Crippen LogP contribution in [-0.4, -0.2) is 16.5 Å². The van der Waals surface area contributed by atoms with Crippen LogP contribution in [0.15, 0.2) is 61.2 Å². The lowest BCUT2D eigenvalue weighted by atomic mass is 10.2. The van der Waals surface area contributed by atoms with Crippen molar-refractivity contribution < 1.29 is 4.74 Å². The molecule has 0 N–H and O–H groups in total. The number of rotatable bonds is 2. The number of anilines is 2. The van der Waals surface area contributed by atoms with E-state index in [1.807, 2.05) is 54.6 Å². The fourth-order valence-corrected chi connectivity index (χ4v) is 2.52. The molecule has 0 atom stereocenters. The first-order valence-corrected chi connectivity index (χ1v) is 6.79. The van der Waals surface area contributed by atoms with E-state index in [1.165, 1.54) is 0 Å². The maximum atomic E-state index is 5.91. The van der Waals surface area contributed by atoms with Crippen LogP contribution in [0.3, 0.4) is 0 Å². The van der Waals surface area contributed by atoms with Crippen molar-refractivity contribution in [2.24, 2.45) is 0 Å². The third-order valence-electron chi connectivity index (χ3n) is 3.45. The van der Waals surface area contributed by atoms with Gasteiger partial charge < -0.3 is 9.64 Å². The average Bonchev–Trinajstić information content (AvgIpc) is 2.53. The van der Waals surface area contributed by atoms with Gasteiger partial charge in [0.05, 0.1) is 16.7 Å². The summed E-state index contributed by atoms with van der Waals surface area (Å²) >= 11 is 0. The highest BCUT2D eigenvalue weighted by atomic mass is 16.5. The highest BCUT2D eigenvalue weighted by Gasteiger charge is 2.26. The molecular formula is C17H13N3O. The van der Waals surface area contributed by atoms with Crippen molar-refractivity contribution in [3.8, 4) is 11.6 Å². The van der Waals surface area contributed by atoms with E-state index < -0.39 is 0 Å². The van der Waals surface area contributed by atoms with Crippen molar-refractivity contribution in [3.63, 3.8) is 0 Å². The standard InChI is InChI=1S/C17H13N3O/c1-2-11-20-14-9-5-6-10-15(14)21-17-16(20)18-12-7-3-4-8-13(12)19-17/h2-10H,1,11H2. The molecule has 0 amide bonds. The number of hydrogen-bond donors (Lipinski definition) is 0. The molecule has 0 bridgehead atoms. The van der Waals surface area contributed by atoms with E-state index in [0.717, 1.165) is 28.3 Å². The Hall–Kier alpha value is -2.88. The molecule has 4 rings (SSSR count). The van der Waals surface area contributed by atoms with Crippen molar-refractivity contribution in [3.05, 3.63) is 61.2 Å². The van der Waals surface area contributed by atoms with E-state index in [0.29, 0.717) is 12.4 Å². The van der Waals surface area contributed by atoms with Gasteiger partial charge in [0.2, 0.25) is 0 Å². The third-order valence-corrected chi connectivity index (χ3v) is 3.45. The van der Waals surface area contributed by atoms with Crippen LogP contribution in [0.4, 0.5) is 11.5 Å². The molecule has 1 aromatic heterocycles. The van der Waals surface area contributed by atoms with Crippen molar-refractivity contribution in [1.82, 2.24) is 9.97 Å². The lowest BCUT2D eigenvalue weighted by Gasteiger charge is -2.30. The minimum absolute atomic E-state index is 0.536. The summed E-state index contributed by atoms with van der Waals surface area (Å²) in [7, 11) is 0. The van der Waals surface area contributed by atoms with Gasteiger partial charge >= 0.3 is 0 Å². The van der Waals surface area contributed by atoms with Crippen LogP contribution in [0.2, 0.25) is 0 Å². The third kappa shape index (κ3) is 1.84. The summed E-state index contributed by atoms with van der Waals surface area (Å²) in [4.78, 5) is 11.4. The summed E-state index contributed by atoms with van der Waals surface area (Å²) in [6.45, 7) is 4.49. The van der Waals surface area contributed by atoms with Gasteiger partial charge in [-0.15, -0.1) is 6.58 Å². The Labute approximate surface area is 122 Å². The van der Waals surface area contributed by atoms with Gasteiger partial charge in [-0.3, -0.25) is 0 Å². The maximum Gasteiger partial charge on any atom is 0.264 e. The van der Waals surface area contributed by atoms with Gasteiger partial charge in [0.15, 0.2) is 11.6 Å². The molecule has 0 fully saturated rings. The molecule has 4 heteroatoms. The SMILES string of the molecule is C=CCN1c2ccccc2Oc2nc3ccccc3nc21. The maximum absolute atomic E-state index is 5.91. The highest BCUT2D eigenvalue weighted by Crippen LogP contribution is 2.44. The fourth-order valence-electron chi connectivity index (χ4n) is 2.52. The fraction of sp³-hybridized carbons (Fsp3) is 0.0588. The number of fused-ring (bicyclic) bond motifs is 3. The minimum Gasteiger partial charge on any atom is -0.434 e. The number of benzene rings is 2. The molecule has 0 aliphatic carbocycles. The van der Waals surface area contributed by atoms with Gasteiger partial charge in [0, 0.05) is 6.54 Å². The molecule has 2 heterocycles. The summed E-state index contributed by atoms with van der Waals surface area (Å²) in [5.74, 6) is 2.05. The van der Waals surface area contributed by atoms with Crippen LogP contribution in [0.1, 0.15) is 0 Å². The zero-order valence-electron chi connectivity index (χ0n) is 11.4. The Morgan fingerprint density at radius 1 is 1.00 bits per heavy atom. The molecule has 0 spiro atoms. The second kappa shape index (κ2) is 4.59. The number of hydrogen-bond acceptors (Lipinski definition) is 4. The first-order chi connectivity index (χ1) is 10.4. The minimum atomic E-state index is 0.536. The van der Waals surface area contributed by atoms with E-state index >= 15 is 0 Å². The van der Waals surface area contributed by atoms with Crippen LogP contribution in [0.5, 0.6) is 11.6 Å². The predicted octanol–water partition coefficient (Wildman–Crippen LogP) is 4.06. The molecular weight excluding hydrogens is 262 g/mol. The van der Waals surface area contributed by atoms with E-state index in [4.69, 9.17) is 9.72 Å². The lowest BCUT2D eigenvalue weighted by Crippen LogP contribution is -2.23. The quantitative estimate of drug-likeness (QED) is 0.661. The van der Waals surface area contributed by atoms with Gasteiger partial charge in [-0.05, 0) is 24.3 Å². The molecule has 4 nitrogen and oxygen atoms in total.